The van der Waals surface area contributed by atoms with Gasteiger partial charge >= 0.3 is 0 Å². The smallest absolute Gasteiger partial charge is 0.248 e. The number of hydrogen-bond acceptors (Lipinski definition) is 4. The van der Waals surface area contributed by atoms with Crippen LogP contribution in [0.5, 0.6) is 5.75 Å². The van der Waals surface area contributed by atoms with Crippen molar-refractivity contribution in [2.24, 2.45) is 5.41 Å². The third kappa shape index (κ3) is 3.80. The van der Waals surface area contributed by atoms with E-state index in [1.165, 1.54) is 6.08 Å². The summed E-state index contributed by atoms with van der Waals surface area (Å²) in [6, 6.07) is 9.25. The van der Waals surface area contributed by atoms with Gasteiger partial charge in [-0.2, -0.15) is 0 Å². The van der Waals surface area contributed by atoms with E-state index >= 15 is 0 Å². The van der Waals surface area contributed by atoms with Gasteiger partial charge in [-0.3, -0.25) is 9.59 Å². The van der Waals surface area contributed by atoms with Gasteiger partial charge in [0.05, 0.1) is 11.1 Å². The number of carbonyl (C=O) groups is 2. The van der Waals surface area contributed by atoms with Crippen LogP contribution >= 0.6 is 11.3 Å². The molecule has 0 saturated heterocycles. The van der Waals surface area contributed by atoms with Crippen molar-refractivity contribution in [3.8, 4) is 5.75 Å². The highest BCUT2D eigenvalue weighted by Gasteiger charge is 2.37. The van der Waals surface area contributed by atoms with Crippen molar-refractivity contribution >= 4 is 40.6 Å². The fourth-order valence-electron chi connectivity index (χ4n) is 2.77. The molecule has 0 unspecified atom stereocenters. The Labute approximate surface area is 157 Å². The Morgan fingerprint density at radius 3 is 2.88 bits per heavy atom. The number of rotatable bonds is 4. The van der Waals surface area contributed by atoms with Gasteiger partial charge in [0, 0.05) is 29.3 Å². The summed E-state index contributed by atoms with van der Waals surface area (Å²) in [5.74, 6) is 0.427. The van der Waals surface area contributed by atoms with Crippen LogP contribution in [0.4, 0.5) is 11.4 Å². The topological polar surface area (TPSA) is 58.6 Å². The lowest BCUT2D eigenvalue weighted by Gasteiger charge is -2.26. The standard InChI is InChI=1S/C20H22N2O3S/c1-4-22-16-9-7-14(12-17(16)25-13-20(2,3)19(22)24)21-18(23)10-8-15-6-5-11-26-15/h5-12H,4,13H2,1-3H3,(H,21,23). The highest BCUT2D eigenvalue weighted by molar-refractivity contribution is 7.10. The lowest BCUT2D eigenvalue weighted by Crippen LogP contribution is -2.42. The highest BCUT2D eigenvalue weighted by atomic mass is 32.1. The second-order valence-corrected chi connectivity index (χ2v) is 7.72. The van der Waals surface area contributed by atoms with Crippen LogP contribution in [0, 0.1) is 5.41 Å². The van der Waals surface area contributed by atoms with Gasteiger partial charge in [0.25, 0.3) is 0 Å². The SMILES string of the molecule is CCN1C(=O)C(C)(C)COc2cc(NC(=O)C=Cc3cccs3)ccc21. The predicted molar refractivity (Wildman–Crippen MR) is 106 cm³/mol. The summed E-state index contributed by atoms with van der Waals surface area (Å²) in [5, 5.41) is 4.80. The lowest BCUT2D eigenvalue weighted by molar-refractivity contribution is -0.127. The summed E-state index contributed by atoms with van der Waals surface area (Å²) in [6.45, 7) is 6.55. The molecule has 0 bridgehead atoms. The van der Waals surface area contributed by atoms with Gasteiger partial charge in [-0.05, 0) is 50.4 Å². The Balaban J connectivity index is 1.79. The first-order chi connectivity index (χ1) is 12.4. The first kappa shape index (κ1) is 18.2. The molecule has 2 heterocycles. The average Bonchev–Trinajstić information content (AvgIpc) is 3.10. The number of carbonyl (C=O) groups excluding carboxylic acids is 2. The molecule has 3 rings (SSSR count). The molecule has 26 heavy (non-hydrogen) atoms. The van der Waals surface area contributed by atoms with Crippen LogP contribution in [0.15, 0.2) is 41.8 Å². The molecule has 0 radical (unpaired) electrons. The Morgan fingerprint density at radius 2 is 2.19 bits per heavy atom. The van der Waals surface area contributed by atoms with E-state index in [0.717, 1.165) is 10.6 Å². The largest absolute Gasteiger partial charge is 0.490 e. The molecular formula is C20H22N2O3S. The molecule has 0 spiro atoms. The number of nitrogens with zero attached hydrogens (tertiary/aromatic N) is 1. The monoisotopic (exact) mass is 370 g/mol. The molecule has 6 heteroatoms. The third-order valence-electron chi connectivity index (χ3n) is 4.19. The number of fused-ring (bicyclic) bond motifs is 1. The van der Waals surface area contributed by atoms with E-state index in [1.807, 2.05) is 44.4 Å². The van der Waals surface area contributed by atoms with Crippen molar-refractivity contribution < 1.29 is 14.3 Å². The summed E-state index contributed by atoms with van der Waals surface area (Å²) in [5.41, 5.74) is 0.769. The van der Waals surface area contributed by atoms with Crippen LogP contribution in [0.25, 0.3) is 6.08 Å². The van der Waals surface area contributed by atoms with Gasteiger partial charge in [-0.15, -0.1) is 11.3 Å². The fraction of sp³-hybridized carbons (Fsp3) is 0.300. The third-order valence-corrected chi connectivity index (χ3v) is 5.03. The lowest BCUT2D eigenvalue weighted by atomic mass is 9.93. The second-order valence-electron chi connectivity index (χ2n) is 6.74. The molecule has 0 saturated carbocycles. The Morgan fingerprint density at radius 1 is 1.38 bits per heavy atom. The molecular weight excluding hydrogens is 348 g/mol. The maximum atomic E-state index is 12.7. The number of thiophene rings is 1. The molecule has 1 aromatic heterocycles. The van der Waals surface area contributed by atoms with Gasteiger partial charge in [-0.25, -0.2) is 0 Å². The Hall–Kier alpha value is -2.60. The summed E-state index contributed by atoms with van der Waals surface area (Å²) in [4.78, 5) is 27.6. The van der Waals surface area contributed by atoms with Crippen LogP contribution in [-0.2, 0) is 9.59 Å². The average molecular weight is 370 g/mol. The molecule has 2 aromatic rings. The van der Waals surface area contributed by atoms with Crippen molar-refractivity contribution in [2.45, 2.75) is 20.8 Å². The van der Waals surface area contributed by atoms with E-state index in [-0.39, 0.29) is 11.8 Å². The molecule has 5 nitrogen and oxygen atoms in total. The molecule has 136 valence electrons. The number of nitrogens with one attached hydrogen (secondary N) is 1. The predicted octanol–water partition coefficient (Wildman–Crippen LogP) is 4.17. The zero-order valence-corrected chi connectivity index (χ0v) is 15.9. The maximum absolute atomic E-state index is 12.7. The zero-order valence-electron chi connectivity index (χ0n) is 15.1. The van der Waals surface area contributed by atoms with E-state index in [4.69, 9.17) is 4.74 Å². The number of hydrogen-bond donors (Lipinski definition) is 1. The van der Waals surface area contributed by atoms with E-state index < -0.39 is 5.41 Å². The molecule has 1 aromatic carbocycles. The van der Waals surface area contributed by atoms with Crippen molar-refractivity contribution in [3.05, 3.63) is 46.7 Å². The first-order valence-corrected chi connectivity index (χ1v) is 9.40. The van der Waals surface area contributed by atoms with Crippen LogP contribution in [0.2, 0.25) is 0 Å². The summed E-state index contributed by atoms with van der Waals surface area (Å²) < 4.78 is 5.88. The number of benzene rings is 1. The Kier molecular flexibility index (Phi) is 5.13. The van der Waals surface area contributed by atoms with Crippen LogP contribution in [0.3, 0.4) is 0 Å². The molecule has 0 atom stereocenters. The minimum atomic E-state index is -0.595. The number of anilines is 2. The van der Waals surface area contributed by atoms with Gasteiger partial charge in [-0.1, -0.05) is 6.07 Å². The minimum Gasteiger partial charge on any atom is -0.490 e. The zero-order chi connectivity index (χ0) is 18.7. The number of amides is 2. The van der Waals surface area contributed by atoms with Crippen molar-refractivity contribution in [1.29, 1.82) is 0 Å². The van der Waals surface area contributed by atoms with Gasteiger partial charge in [0.1, 0.15) is 12.4 Å². The van der Waals surface area contributed by atoms with Crippen molar-refractivity contribution in [1.82, 2.24) is 0 Å². The van der Waals surface area contributed by atoms with Crippen molar-refractivity contribution in [2.75, 3.05) is 23.4 Å². The summed E-state index contributed by atoms with van der Waals surface area (Å²) in [6.07, 6.45) is 3.28. The van der Waals surface area contributed by atoms with Crippen LogP contribution in [0.1, 0.15) is 25.6 Å². The summed E-state index contributed by atoms with van der Waals surface area (Å²) >= 11 is 1.57. The molecule has 1 aliphatic rings. The first-order valence-electron chi connectivity index (χ1n) is 8.52. The van der Waals surface area contributed by atoms with Gasteiger partial charge in [0.2, 0.25) is 11.8 Å². The second kappa shape index (κ2) is 7.33. The Bertz CT molecular complexity index is 841. The molecule has 1 aliphatic heterocycles. The molecule has 0 fully saturated rings. The normalized spacial score (nSPS) is 16.1. The maximum Gasteiger partial charge on any atom is 0.248 e. The van der Waals surface area contributed by atoms with Crippen LogP contribution < -0.4 is 15.0 Å². The molecule has 0 aliphatic carbocycles. The van der Waals surface area contributed by atoms with Crippen molar-refractivity contribution in [3.63, 3.8) is 0 Å². The molecule has 2 amide bonds. The molecule has 1 N–H and O–H groups in total. The van der Waals surface area contributed by atoms with E-state index in [0.29, 0.717) is 24.6 Å². The minimum absolute atomic E-state index is 0.0365. The van der Waals surface area contributed by atoms with Crippen LogP contribution in [-0.4, -0.2) is 25.0 Å². The van der Waals surface area contributed by atoms with E-state index in [9.17, 15) is 9.59 Å². The number of ether oxygens (including phenoxy) is 1. The van der Waals surface area contributed by atoms with E-state index in [2.05, 4.69) is 5.32 Å². The van der Waals surface area contributed by atoms with Gasteiger partial charge < -0.3 is 15.0 Å². The quantitative estimate of drug-likeness (QED) is 0.822. The highest BCUT2D eigenvalue weighted by Crippen LogP contribution is 2.38. The summed E-state index contributed by atoms with van der Waals surface area (Å²) in [7, 11) is 0. The fourth-order valence-corrected chi connectivity index (χ4v) is 3.38. The van der Waals surface area contributed by atoms with Gasteiger partial charge in [0.15, 0.2) is 0 Å². The van der Waals surface area contributed by atoms with E-state index in [1.54, 1.807) is 34.4 Å².